The van der Waals surface area contributed by atoms with Crippen molar-refractivity contribution < 1.29 is 10.0 Å². The van der Waals surface area contributed by atoms with E-state index in [0.29, 0.717) is 5.46 Å². The summed E-state index contributed by atoms with van der Waals surface area (Å²) in [5.41, 5.74) is 2.67. The van der Waals surface area contributed by atoms with Gasteiger partial charge in [0.05, 0.1) is 4.99 Å². The number of nitrogens with one attached hydrogen (secondary N) is 1. The predicted octanol–water partition coefficient (Wildman–Crippen LogP) is 0.931. The Kier molecular flexibility index (Phi) is 2.50. The van der Waals surface area contributed by atoms with Crippen LogP contribution >= 0.6 is 12.2 Å². The molecular weight excluding hydrogens is 233 g/mol. The molecule has 0 atom stereocenters. The summed E-state index contributed by atoms with van der Waals surface area (Å²) in [6.45, 7) is 0. The summed E-state index contributed by atoms with van der Waals surface area (Å²) in [5, 5.41) is 21.8. The molecule has 3 nitrogen and oxygen atoms in total. The molecule has 3 rings (SSSR count). The van der Waals surface area contributed by atoms with Crippen LogP contribution in [-0.4, -0.2) is 22.2 Å². The van der Waals surface area contributed by atoms with Crippen LogP contribution in [0, 0.1) is 0 Å². The van der Waals surface area contributed by atoms with Gasteiger partial charge in [-0.2, -0.15) is 0 Å². The Hall–Kier alpha value is -0.905. The Bertz CT molecular complexity index is 483. The number of anilines is 1. The summed E-state index contributed by atoms with van der Waals surface area (Å²) in [7, 11) is -1.41. The van der Waals surface area contributed by atoms with E-state index in [2.05, 4.69) is 5.32 Å². The van der Waals surface area contributed by atoms with Gasteiger partial charge >= 0.3 is 7.12 Å². The minimum absolute atomic E-state index is 0.0461. The van der Waals surface area contributed by atoms with Crippen molar-refractivity contribution in [3.8, 4) is 0 Å². The minimum Gasteiger partial charge on any atom is -0.423 e. The van der Waals surface area contributed by atoms with Gasteiger partial charge in [-0.15, -0.1) is 0 Å². The maximum Gasteiger partial charge on any atom is 0.488 e. The van der Waals surface area contributed by atoms with Crippen LogP contribution in [0.5, 0.6) is 0 Å². The molecule has 17 heavy (non-hydrogen) atoms. The van der Waals surface area contributed by atoms with E-state index in [1.54, 1.807) is 6.07 Å². The van der Waals surface area contributed by atoms with Crippen LogP contribution < -0.4 is 10.8 Å². The highest BCUT2D eigenvalue weighted by Gasteiger charge is 2.45. The SMILES string of the molecule is OB(O)c1ccc2c(c1)C1(CCCC1)C(=S)N2. The fourth-order valence-corrected chi connectivity index (χ4v) is 3.49. The number of hydrogen-bond acceptors (Lipinski definition) is 3. The molecule has 1 aromatic rings. The Labute approximate surface area is 106 Å². The monoisotopic (exact) mass is 247 g/mol. The maximum atomic E-state index is 9.25. The van der Waals surface area contributed by atoms with Crippen molar-refractivity contribution in [3.63, 3.8) is 0 Å². The highest BCUT2D eigenvalue weighted by atomic mass is 32.1. The van der Waals surface area contributed by atoms with Crippen LogP contribution in [0.4, 0.5) is 5.69 Å². The van der Waals surface area contributed by atoms with Crippen molar-refractivity contribution in [2.45, 2.75) is 31.1 Å². The van der Waals surface area contributed by atoms with Crippen LogP contribution in [0.15, 0.2) is 18.2 Å². The quantitative estimate of drug-likeness (QED) is 0.510. The lowest BCUT2D eigenvalue weighted by Gasteiger charge is -2.23. The normalized spacial score (nSPS) is 20.5. The van der Waals surface area contributed by atoms with E-state index in [1.165, 1.54) is 12.8 Å². The van der Waals surface area contributed by atoms with Gasteiger partial charge in [0.2, 0.25) is 0 Å². The van der Waals surface area contributed by atoms with Crippen molar-refractivity contribution >= 4 is 35.5 Å². The van der Waals surface area contributed by atoms with E-state index in [1.807, 2.05) is 12.1 Å². The van der Waals surface area contributed by atoms with E-state index in [0.717, 1.165) is 29.1 Å². The molecule has 1 aromatic carbocycles. The smallest absolute Gasteiger partial charge is 0.423 e. The van der Waals surface area contributed by atoms with Crippen molar-refractivity contribution in [1.82, 2.24) is 0 Å². The number of benzene rings is 1. The van der Waals surface area contributed by atoms with Crippen LogP contribution in [0.3, 0.4) is 0 Å². The van der Waals surface area contributed by atoms with Crippen LogP contribution in [0.25, 0.3) is 0 Å². The molecule has 0 radical (unpaired) electrons. The van der Waals surface area contributed by atoms with Crippen LogP contribution in [0.1, 0.15) is 31.2 Å². The lowest BCUT2D eigenvalue weighted by molar-refractivity contribution is 0.425. The van der Waals surface area contributed by atoms with Gasteiger partial charge in [-0.05, 0) is 29.9 Å². The third kappa shape index (κ3) is 1.53. The molecule has 88 valence electrons. The second kappa shape index (κ2) is 3.80. The van der Waals surface area contributed by atoms with Crippen LogP contribution in [0.2, 0.25) is 0 Å². The summed E-state index contributed by atoms with van der Waals surface area (Å²) >= 11 is 5.47. The summed E-state index contributed by atoms with van der Waals surface area (Å²) in [6, 6.07) is 5.51. The lowest BCUT2D eigenvalue weighted by atomic mass is 9.74. The third-order valence-electron chi connectivity index (χ3n) is 4.00. The first-order chi connectivity index (χ1) is 8.13. The minimum atomic E-state index is -1.41. The number of hydrogen-bond donors (Lipinski definition) is 3. The number of rotatable bonds is 1. The molecule has 0 amide bonds. The van der Waals surface area contributed by atoms with E-state index in [4.69, 9.17) is 12.2 Å². The van der Waals surface area contributed by atoms with E-state index in [-0.39, 0.29) is 5.41 Å². The molecule has 1 spiro atoms. The molecule has 5 heteroatoms. The molecule has 0 aromatic heterocycles. The second-order valence-electron chi connectivity index (χ2n) is 4.92. The summed E-state index contributed by atoms with van der Waals surface area (Å²) in [5.74, 6) is 0. The van der Waals surface area contributed by atoms with Gasteiger partial charge in [-0.1, -0.05) is 37.2 Å². The van der Waals surface area contributed by atoms with Gasteiger partial charge in [-0.3, -0.25) is 0 Å². The Morgan fingerprint density at radius 3 is 2.59 bits per heavy atom. The van der Waals surface area contributed by atoms with Crippen molar-refractivity contribution in [2.75, 3.05) is 5.32 Å². The molecular formula is C12H14BNO2S. The topological polar surface area (TPSA) is 52.5 Å². The van der Waals surface area contributed by atoms with Gasteiger partial charge in [0.15, 0.2) is 0 Å². The fraction of sp³-hybridized carbons (Fsp3) is 0.417. The zero-order valence-corrected chi connectivity index (χ0v) is 10.3. The van der Waals surface area contributed by atoms with Gasteiger partial charge in [0, 0.05) is 11.1 Å². The second-order valence-corrected chi connectivity index (χ2v) is 5.33. The fourth-order valence-electron chi connectivity index (χ4n) is 3.07. The molecule has 1 heterocycles. The Morgan fingerprint density at radius 1 is 1.24 bits per heavy atom. The molecule has 1 aliphatic heterocycles. The highest BCUT2D eigenvalue weighted by molar-refractivity contribution is 7.80. The van der Waals surface area contributed by atoms with Gasteiger partial charge in [0.1, 0.15) is 0 Å². The molecule has 1 fully saturated rings. The van der Waals surface area contributed by atoms with E-state index < -0.39 is 7.12 Å². The molecule has 1 aliphatic carbocycles. The van der Waals surface area contributed by atoms with E-state index >= 15 is 0 Å². The molecule has 0 unspecified atom stereocenters. The lowest BCUT2D eigenvalue weighted by Crippen LogP contribution is -2.33. The number of thiocarbonyl (C=S) groups is 1. The molecule has 0 saturated heterocycles. The highest BCUT2D eigenvalue weighted by Crippen LogP contribution is 2.48. The zero-order chi connectivity index (χ0) is 12.0. The standard InChI is InChI=1S/C12H14BNO2S/c15-13(16)8-3-4-10-9(7-8)12(11(17)14-10)5-1-2-6-12/h3-4,7,15-16H,1-2,5-6H2,(H,14,17). The Morgan fingerprint density at radius 2 is 1.94 bits per heavy atom. The van der Waals surface area contributed by atoms with Gasteiger partial charge < -0.3 is 15.4 Å². The average Bonchev–Trinajstić information content (AvgIpc) is 2.88. The van der Waals surface area contributed by atoms with Crippen molar-refractivity contribution in [1.29, 1.82) is 0 Å². The first-order valence-corrected chi connectivity index (χ1v) is 6.36. The first kappa shape index (κ1) is 11.2. The summed E-state index contributed by atoms with van der Waals surface area (Å²) in [4.78, 5) is 0.898. The molecule has 1 saturated carbocycles. The molecule has 3 N–H and O–H groups in total. The molecule has 2 aliphatic rings. The van der Waals surface area contributed by atoms with E-state index in [9.17, 15) is 10.0 Å². The molecule has 0 bridgehead atoms. The predicted molar refractivity (Wildman–Crippen MR) is 72.6 cm³/mol. The third-order valence-corrected chi connectivity index (χ3v) is 4.49. The number of fused-ring (bicyclic) bond motifs is 2. The largest absolute Gasteiger partial charge is 0.488 e. The summed E-state index contributed by atoms with van der Waals surface area (Å²) in [6.07, 6.45) is 4.51. The first-order valence-electron chi connectivity index (χ1n) is 5.95. The maximum absolute atomic E-state index is 9.25. The van der Waals surface area contributed by atoms with Gasteiger partial charge in [0.25, 0.3) is 0 Å². The van der Waals surface area contributed by atoms with Gasteiger partial charge in [-0.25, -0.2) is 0 Å². The van der Waals surface area contributed by atoms with Crippen LogP contribution in [-0.2, 0) is 5.41 Å². The zero-order valence-electron chi connectivity index (χ0n) is 9.44. The Balaban J connectivity index is 2.13. The summed E-state index contributed by atoms with van der Waals surface area (Å²) < 4.78 is 0. The van der Waals surface area contributed by atoms with Crippen molar-refractivity contribution in [3.05, 3.63) is 23.8 Å². The average molecular weight is 247 g/mol. The van der Waals surface area contributed by atoms with Crippen molar-refractivity contribution in [2.24, 2.45) is 0 Å².